The second kappa shape index (κ2) is 5.30. The smallest absolute Gasteiger partial charge is 0.306 e. The zero-order valence-electron chi connectivity index (χ0n) is 10.2. The van der Waals surface area contributed by atoms with E-state index in [1.54, 1.807) is 0 Å². The van der Waals surface area contributed by atoms with E-state index in [0.717, 1.165) is 19.3 Å². The second-order valence-electron chi connectivity index (χ2n) is 5.03. The summed E-state index contributed by atoms with van der Waals surface area (Å²) in [5.74, 6) is -0.0528. The minimum atomic E-state index is -0.662. The Balaban J connectivity index is 2.05. The molecule has 1 fully saturated rings. The quantitative estimate of drug-likeness (QED) is 0.872. The maximum Gasteiger partial charge on any atom is 0.306 e. The molecule has 1 N–H and O–H groups in total. The molecule has 1 saturated carbocycles. The largest absolute Gasteiger partial charge is 0.481 e. The summed E-state index contributed by atoms with van der Waals surface area (Å²) in [4.78, 5) is 15.1. The Hall–Kier alpha value is -1.38. The third-order valence-electron chi connectivity index (χ3n) is 3.99. The third-order valence-corrected chi connectivity index (χ3v) is 3.99. The summed E-state index contributed by atoms with van der Waals surface area (Å²) in [5, 5.41) is 9.08. The molecule has 1 aromatic rings. The maximum atomic E-state index is 11.0. The summed E-state index contributed by atoms with van der Waals surface area (Å²) < 4.78 is 0. The summed E-state index contributed by atoms with van der Waals surface area (Å²) in [6.07, 6.45) is 7.99. The van der Waals surface area contributed by atoms with Gasteiger partial charge in [-0.1, -0.05) is 13.3 Å². The lowest BCUT2D eigenvalue weighted by Crippen LogP contribution is -2.25. The fourth-order valence-electron chi connectivity index (χ4n) is 2.82. The van der Waals surface area contributed by atoms with Crippen LogP contribution in [0.2, 0.25) is 0 Å². The fourth-order valence-corrected chi connectivity index (χ4v) is 2.82. The Labute approximate surface area is 102 Å². The van der Waals surface area contributed by atoms with Crippen LogP contribution in [0, 0.1) is 11.8 Å². The van der Waals surface area contributed by atoms with E-state index in [4.69, 9.17) is 5.11 Å². The van der Waals surface area contributed by atoms with Crippen molar-refractivity contribution in [2.75, 3.05) is 0 Å². The number of carbonyl (C=O) groups is 1. The fraction of sp³-hybridized carbons (Fsp3) is 0.571. The van der Waals surface area contributed by atoms with Crippen LogP contribution in [0.5, 0.6) is 0 Å². The van der Waals surface area contributed by atoms with Crippen LogP contribution in [0.15, 0.2) is 24.5 Å². The molecule has 1 aliphatic rings. The van der Waals surface area contributed by atoms with Gasteiger partial charge in [-0.05, 0) is 48.8 Å². The molecule has 1 heterocycles. The lowest BCUT2D eigenvalue weighted by atomic mass is 9.73. The van der Waals surface area contributed by atoms with Gasteiger partial charge < -0.3 is 5.11 Å². The molecule has 2 unspecified atom stereocenters. The standard InChI is InChI=1S/C14H19NO2/c1-10(14(16)17)12-3-2-4-13(9-12)11-5-7-15-8-6-11/h5-8,10,12-13H,2-4,9H2,1H3,(H,16,17)/t10?,12?,13-/m1/s1. The highest BCUT2D eigenvalue weighted by Gasteiger charge is 2.30. The van der Waals surface area contributed by atoms with E-state index < -0.39 is 5.97 Å². The minimum Gasteiger partial charge on any atom is -0.481 e. The molecule has 92 valence electrons. The summed E-state index contributed by atoms with van der Waals surface area (Å²) in [6.45, 7) is 1.84. The Morgan fingerprint density at radius 2 is 2.12 bits per heavy atom. The van der Waals surface area contributed by atoms with Crippen molar-refractivity contribution in [3.63, 3.8) is 0 Å². The van der Waals surface area contributed by atoms with Crippen molar-refractivity contribution in [2.45, 2.75) is 38.5 Å². The number of rotatable bonds is 3. The van der Waals surface area contributed by atoms with Gasteiger partial charge in [0.2, 0.25) is 0 Å². The number of nitrogens with zero attached hydrogens (tertiary/aromatic N) is 1. The zero-order chi connectivity index (χ0) is 12.3. The molecule has 1 aliphatic carbocycles. The van der Waals surface area contributed by atoms with Crippen LogP contribution >= 0.6 is 0 Å². The van der Waals surface area contributed by atoms with E-state index in [9.17, 15) is 4.79 Å². The van der Waals surface area contributed by atoms with Gasteiger partial charge in [0.1, 0.15) is 0 Å². The average Bonchev–Trinajstić information content (AvgIpc) is 2.39. The molecule has 3 heteroatoms. The molecule has 0 radical (unpaired) electrons. The number of hydrogen-bond acceptors (Lipinski definition) is 2. The van der Waals surface area contributed by atoms with Crippen LogP contribution in [0.1, 0.15) is 44.1 Å². The molecule has 0 spiro atoms. The third kappa shape index (κ3) is 2.84. The molecular formula is C14H19NO2. The van der Waals surface area contributed by atoms with Gasteiger partial charge in [0.05, 0.1) is 5.92 Å². The van der Waals surface area contributed by atoms with Crippen LogP contribution < -0.4 is 0 Å². The van der Waals surface area contributed by atoms with Gasteiger partial charge in [-0.2, -0.15) is 0 Å². The SMILES string of the molecule is CC(C(=O)O)C1CCC[C@@H](c2ccncc2)C1. The number of pyridine rings is 1. The molecule has 0 amide bonds. The number of aromatic nitrogens is 1. The normalized spacial score (nSPS) is 26.4. The topological polar surface area (TPSA) is 50.2 Å². The first-order valence-corrected chi connectivity index (χ1v) is 6.31. The number of carboxylic acid groups (broad SMARTS) is 1. The molecule has 1 aromatic heterocycles. The van der Waals surface area contributed by atoms with Crippen LogP contribution in [0.25, 0.3) is 0 Å². The number of carboxylic acids is 1. The van der Waals surface area contributed by atoms with E-state index in [1.807, 2.05) is 19.3 Å². The predicted molar refractivity (Wildman–Crippen MR) is 65.7 cm³/mol. The van der Waals surface area contributed by atoms with E-state index in [1.165, 1.54) is 12.0 Å². The predicted octanol–water partition coefficient (Wildman–Crippen LogP) is 3.08. The first kappa shape index (κ1) is 12.1. The average molecular weight is 233 g/mol. The summed E-state index contributed by atoms with van der Waals surface area (Å²) >= 11 is 0. The molecular weight excluding hydrogens is 214 g/mol. The summed E-state index contributed by atoms with van der Waals surface area (Å²) in [6, 6.07) is 4.11. The number of aliphatic carboxylic acids is 1. The lowest BCUT2D eigenvalue weighted by Gasteiger charge is -2.31. The van der Waals surface area contributed by atoms with Crippen molar-refractivity contribution in [1.82, 2.24) is 4.98 Å². The molecule has 3 atom stereocenters. The zero-order valence-corrected chi connectivity index (χ0v) is 10.2. The molecule has 17 heavy (non-hydrogen) atoms. The number of hydrogen-bond donors (Lipinski definition) is 1. The first-order valence-electron chi connectivity index (χ1n) is 6.31. The van der Waals surface area contributed by atoms with Gasteiger partial charge in [0.15, 0.2) is 0 Å². The highest BCUT2D eigenvalue weighted by atomic mass is 16.4. The Bertz CT molecular complexity index is 377. The minimum absolute atomic E-state index is 0.223. The maximum absolute atomic E-state index is 11.0. The molecule has 0 bridgehead atoms. The van der Waals surface area contributed by atoms with Crippen molar-refractivity contribution in [3.05, 3.63) is 30.1 Å². The van der Waals surface area contributed by atoms with Crippen molar-refractivity contribution in [3.8, 4) is 0 Å². The Morgan fingerprint density at radius 1 is 1.41 bits per heavy atom. The molecule has 3 nitrogen and oxygen atoms in total. The van der Waals surface area contributed by atoms with Gasteiger partial charge in [0.25, 0.3) is 0 Å². The van der Waals surface area contributed by atoms with Gasteiger partial charge >= 0.3 is 5.97 Å². The van der Waals surface area contributed by atoms with Gasteiger partial charge in [-0.3, -0.25) is 9.78 Å². The van der Waals surface area contributed by atoms with Crippen LogP contribution in [-0.2, 0) is 4.79 Å². The van der Waals surface area contributed by atoms with E-state index in [0.29, 0.717) is 11.8 Å². The summed E-state index contributed by atoms with van der Waals surface area (Å²) in [7, 11) is 0. The molecule has 0 aromatic carbocycles. The van der Waals surface area contributed by atoms with E-state index in [-0.39, 0.29) is 5.92 Å². The highest BCUT2D eigenvalue weighted by molar-refractivity contribution is 5.69. The van der Waals surface area contributed by atoms with E-state index in [2.05, 4.69) is 17.1 Å². The highest BCUT2D eigenvalue weighted by Crippen LogP contribution is 2.39. The van der Waals surface area contributed by atoms with Gasteiger partial charge in [-0.25, -0.2) is 0 Å². The van der Waals surface area contributed by atoms with Crippen molar-refractivity contribution >= 4 is 5.97 Å². The monoisotopic (exact) mass is 233 g/mol. The van der Waals surface area contributed by atoms with Gasteiger partial charge in [-0.15, -0.1) is 0 Å². The molecule has 0 aliphatic heterocycles. The Morgan fingerprint density at radius 3 is 2.76 bits per heavy atom. The van der Waals surface area contributed by atoms with Crippen LogP contribution in [0.4, 0.5) is 0 Å². The van der Waals surface area contributed by atoms with Crippen molar-refractivity contribution < 1.29 is 9.90 Å². The Kier molecular flexibility index (Phi) is 3.77. The van der Waals surface area contributed by atoms with Crippen LogP contribution in [0.3, 0.4) is 0 Å². The van der Waals surface area contributed by atoms with Gasteiger partial charge in [0, 0.05) is 12.4 Å². The first-order chi connectivity index (χ1) is 8.18. The molecule has 0 saturated heterocycles. The van der Waals surface area contributed by atoms with Crippen LogP contribution in [-0.4, -0.2) is 16.1 Å². The van der Waals surface area contributed by atoms with Crippen molar-refractivity contribution in [2.24, 2.45) is 11.8 Å². The second-order valence-corrected chi connectivity index (χ2v) is 5.03. The lowest BCUT2D eigenvalue weighted by molar-refractivity contribution is -0.143. The summed E-state index contributed by atoms with van der Waals surface area (Å²) in [5.41, 5.74) is 1.31. The van der Waals surface area contributed by atoms with Crippen molar-refractivity contribution in [1.29, 1.82) is 0 Å². The molecule has 2 rings (SSSR count). The van der Waals surface area contributed by atoms with E-state index >= 15 is 0 Å².